The molecule has 1 aliphatic carbocycles. The number of allylic oxidation sites excluding steroid dienone is 2. The predicted octanol–water partition coefficient (Wildman–Crippen LogP) is 2.86. The van der Waals surface area contributed by atoms with Crippen molar-refractivity contribution in [2.45, 2.75) is 18.6 Å². The lowest BCUT2D eigenvalue weighted by atomic mass is 10.00. The lowest BCUT2D eigenvalue weighted by Crippen LogP contribution is -2.21. The Bertz CT molecular complexity index is 1070. The Morgan fingerprint density at radius 1 is 1.27 bits per heavy atom. The van der Waals surface area contributed by atoms with Crippen LogP contribution in [0.4, 0.5) is 5.95 Å². The molecule has 26 heavy (non-hydrogen) atoms. The average Bonchev–Trinajstić information content (AvgIpc) is 3.28. The minimum absolute atomic E-state index is 0.0153. The number of benzene rings is 1. The Kier molecular flexibility index (Phi) is 3.77. The average molecular weight is 414 g/mol. The van der Waals surface area contributed by atoms with Crippen LogP contribution in [0.15, 0.2) is 46.5 Å². The molecule has 3 aromatic rings. The Hall–Kier alpha value is -2.29. The largest absolute Gasteiger partial charge is 0.356 e. The van der Waals surface area contributed by atoms with Gasteiger partial charge in [-0.05, 0) is 29.8 Å². The fraction of sp³-hybridized carbons (Fsp3) is 0.278. The van der Waals surface area contributed by atoms with Gasteiger partial charge in [-0.2, -0.15) is 9.50 Å². The maximum Gasteiger partial charge on any atom is 0.242 e. The van der Waals surface area contributed by atoms with Gasteiger partial charge in [-0.1, -0.05) is 28.1 Å². The highest BCUT2D eigenvalue weighted by atomic mass is 79.9. The zero-order chi connectivity index (χ0) is 17.7. The Labute approximate surface area is 157 Å². The van der Waals surface area contributed by atoms with Crippen LogP contribution < -0.4 is 5.32 Å². The third-order valence-corrected chi connectivity index (χ3v) is 5.10. The van der Waals surface area contributed by atoms with Crippen molar-refractivity contribution in [2.24, 2.45) is 0 Å². The molecule has 8 heteroatoms. The molecule has 1 fully saturated rings. The third kappa shape index (κ3) is 2.61. The molecule has 0 radical (unpaired) electrons. The molecular weight excluding hydrogens is 398 g/mol. The molecule has 0 bridgehead atoms. The molecule has 1 aromatic carbocycles. The number of anilines is 1. The van der Waals surface area contributed by atoms with Gasteiger partial charge in [0.05, 0.1) is 5.52 Å². The van der Waals surface area contributed by atoms with E-state index < -0.39 is 0 Å². The van der Waals surface area contributed by atoms with Gasteiger partial charge in [-0.3, -0.25) is 0 Å². The highest BCUT2D eigenvalue weighted by Gasteiger charge is 2.28. The Balaban J connectivity index is 1.63. The first-order chi connectivity index (χ1) is 12.7. The summed E-state index contributed by atoms with van der Waals surface area (Å²) in [5, 5.41) is 8.52. The topological polar surface area (TPSA) is 73.6 Å². The summed E-state index contributed by atoms with van der Waals surface area (Å²) in [5.74, 6) is 1.40. The normalized spacial score (nSPS) is 22.0. The molecule has 2 unspecified atom stereocenters. The summed E-state index contributed by atoms with van der Waals surface area (Å²) in [6.45, 7) is 0.338. The Morgan fingerprint density at radius 3 is 3.04 bits per heavy atom. The second kappa shape index (κ2) is 6.15. The number of nitrogens with zero attached hydrogens (tertiary/aromatic N) is 4. The van der Waals surface area contributed by atoms with E-state index >= 15 is 0 Å². The van der Waals surface area contributed by atoms with Crippen molar-refractivity contribution in [3.63, 3.8) is 0 Å². The summed E-state index contributed by atoms with van der Waals surface area (Å²) >= 11 is 3.52. The summed E-state index contributed by atoms with van der Waals surface area (Å²) < 4.78 is 13.9. The lowest BCUT2D eigenvalue weighted by Gasteiger charge is -2.16. The van der Waals surface area contributed by atoms with Crippen LogP contribution in [0.5, 0.6) is 0 Å². The lowest BCUT2D eigenvalue weighted by molar-refractivity contribution is 0.0503. The third-order valence-electron chi connectivity index (χ3n) is 4.61. The summed E-state index contributed by atoms with van der Waals surface area (Å²) in [4.78, 5) is 9.45. The van der Waals surface area contributed by atoms with Crippen molar-refractivity contribution >= 4 is 38.4 Å². The van der Waals surface area contributed by atoms with Crippen molar-refractivity contribution < 1.29 is 9.47 Å². The second-order valence-corrected chi connectivity index (χ2v) is 7.18. The minimum atomic E-state index is -0.0243. The molecule has 1 saturated heterocycles. The first kappa shape index (κ1) is 15.9. The zero-order valence-corrected chi connectivity index (χ0v) is 15.6. The van der Waals surface area contributed by atoms with Gasteiger partial charge < -0.3 is 14.8 Å². The van der Waals surface area contributed by atoms with Crippen LogP contribution in [-0.2, 0) is 15.9 Å². The van der Waals surface area contributed by atoms with Crippen LogP contribution in [0.1, 0.15) is 5.82 Å². The smallest absolute Gasteiger partial charge is 0.242 e. The predicted molar refractivity (Wildman–Crippen MR) is 101 cm³/mol. The number of nitrogens with one attached hydrogen (secondary N) is 1. The quantitative estimate of drug-likeness (QED) is 0.711. The second-order valence-electron chi connectivity index (χ2n) is 6.27. The van der Waals surface area contributed by atoms with Crippen LogP contribution in [0, 0.1) is 0 Å². The van der Waals surface area contributed by atoms with E-state index in [0.717, 1.165) is 32.4 Å². The number of fused-ring (bicyclic) bond motifs is 4. The van der Waals surface area contributed by atoms with Gasteiger partial charge in [-0.25, -0.2) is 4.98 Å². The molecule has 132 valence electrons. The molecule has 1 aliphatic heterocycles. The fourth-order valence-electron chi connectivity index (χ4n) is 3.34. The molecule has 0 spiro atoms. The maximum atomic E-state index is 5.60. The number of hydrogen-bond acceptors (Lipinski definition) is 6. The maximum absolute atomic E-state index is 5.60. The van der Waals surface area contributed by atoms with Crippen molar-refractivity contribution in [3.8, 4) is 0 Å². The highest BCUT2D eigenvalue weighted by molar-refractivity contribution is 9.10. The molecule has 3 heterocycles. The van der Waals surface area contributed by atoms with E-state index in [4.69, 9.17) is 14.5 Å². The van der Waals surface area contributed by atoms with Crippen LogP contribution >= 0.6 is 15.9 Å². The molecule has 5 rings (SSSR count). The first-order valence-electron chi connectivity index (χ1n) is 8.36. The van der Waals surface area contributed by atoms with E-state index in [0.29, 0.717) is 19.2 Å². The minimum Gasteiger partial charge on any atom is -0.356 e. The fourth-order valence-corrected chi connectivity index (χ4v) is 3.69. The van der Waals surface area contributed by atoms with Gasteiger partial charge >= 0.3 is 0 Å². The zero-order valence-electron chi connectivity index (χ0n) is 14.0. The molecule has 2 aromatic heterocycles. The van der Waals surface area contributed by atoms with Gasteiger partial charge in [0.1, 0.15) is 24.8 Å². The standard InChI is InChI=1S/C18H16BrN5O2/c1-20-18-22-17-12-4-3-11(19)8-13(12)21-16(24(17)23-18)7-10-2-5-14-15(6-10)26-9-25-14/h2-6,8,14-15H,7,9H2,1H3,(H,20,23). The van der Waals surface area contributed by atoms with Gasteiger partial charge in [0.2, 0.25) is 5.95 Å². The van der Waals surface area contributed by atoms with Gasteiger partial charge in [0, 0.05) is 23.3 Å². The highest BCUT2D eigenvalue weighted by Crippen LogP contribution is 2.27. The number of rotatable bonds is 3. The van der Waals surface area contributed by atoms with E-state index in [-0.39, 0.29) is 12.2 Å². The molecule has 2 atom stereocenters. The monoisotopic (exact) mass is 413 g/mol. The van der Waals surface area contributed by atoms with E-state index in [1.165, 1.54) is 0 Å². The number of ether oxygens (including phenoxy) is 2. The van der Waals surface area contributed by atoms with Gasteiger partial charge in [0.15, 0.2) is 5.65 Å². The molecule has 0 saturated carbocycles. The summed E-state index contributed by atoms with van der Waals surface area (Å²) in [6.07, 6.45) is 6.85. The van der Waals surface area contributed by atoms with Crippen molar-refractivity contribution in [2.75, 3.05) is 19.2 Å². The molecule has 0 amide bonds. The van der Waals surface area contributed by atoms with Crippen LogP contribution in [0.3, 0.4) is 0 Å². The Morgan fingerprint density at radius 2 is 2.15 bits per heavy atom. The van der Waals surface area contributed by atoms with E-state index in [9.17, 15) is 0 Å². The molecule has 1 N–H and O–H groups in total. The van der Waals surface area contributed by atoms with Crippen molar-refractivity contribution in [1.29, 1.82) is 0 Å². The summed E-state index contributed by atoms with van der Waals surface area (Å²) in [5.41, 5.74) is 2.80. The molecular formula is C18H16BrN5O2. The van der Waals surface area contributed by atoms with E-state index in [2.05, 4.69) is 43.5 Å². The van der Waals surface area contributed by atoms with Crippen molar-refractivity contribution in [3.05, 3.63) is 52.3 Å². The SMILES string of the molecule is CNc1nc2c3ccc(Br)cc3nc(CC3=CC4OCOC4C=C3)n2n1. The van der Waals surface area contributed by atoms with Crippen molar-refractivity contribution in [1.82, 2.24) is 19.6 Å². The molecule has 7 nitrogen and oxygen atoms in total. The number of hydrogen-bond donors (Lipinski definition) is 1. The van der Waals surface area contributed by atoms with E-state index in [1.807, 2.05) is 35.8 Å². The summed E-state index contributed by atoms with van der Waals surface area (Å²) in [7, 11) is 1.81. The van der Waals surface area contributed by atoms with Gasteiger partial charge in [-0.15, -0.1) is 5.10 Å². The number of aromatic nitrogens is 4. The summed E-state index contributed by atoms with van der Waals surface area (Å²) in [6, 6.07) is 6.00. The first-order valence-corrected chi connectivity index (χ1v) is 9.15. The molecule has 2 aliphatic rings. The van der Waals surface area contributed by atoms with E-state index in [1.54, 1.807) is 0 Å². The number of halogens is 1. The van der Waals surface area contributed by atoms with Crippen LogP contribution in [0.2, 0.25) is 0 Å². The van der Waals surface area contributed by atoms with Crippen LogP contribution in [-0.4, -0.2) is 45.6 Å². The van der Waals surface area contributed by atoms with Crippen LogP contribution in [0.25, 0.3) is 16.6 Å². The van der Waals surface area contributed by atoms with Gasteiger partial charge in [0.25, 0.3) is 0 Å².